The minimum atomic E-state index is 0.746. The van der Waals surface area contributed by atoms with Crippen molar-refractivity contribution in [3.05, 3.63) is 56.3 Å². The number of fused-ring (bicyclic) bond motifs is 1. The van der Waals surface area contributed by atoms with Gasteiger partial charge in [-0.2, -0.15) is 0 Å². The number of hydrogen-bond acceptors (Lipinski definition) is 3. The monoisotopic (exact) mass is 352 g/mol. The quantitative estimate of drug-likeness (QED) is 0.689. The second kappa shape index (κ2) is 5.49. The van der Waals surface area contributed by atoms with Crippen LogP contribution in [0, 0.1) is 0 Å². The average molecular weight is 354 g/mol. The number of nitrogens with zero attached hydrogens (tertiary/aromatic N) is 1. The van der Waals surface area contributed by atoms with Crippen molar-refractivity contribution in [2.75, 3.05) is 5.32 Å². The van der Waals surface area contributed by atoms with E-state index in [1.807, 2.05) is 30.5 Å². The Morgan fingerprint density at radius 3 is 2.89 bits per heavy atom. The molecule has 0 saturated heterocycles. The predicted molar refractivity (Wildman–Crippen MR) is 86.1 cm³/mol. The number of pyridine rings is 1. The molecule has 2 aromatic heterocycles. The van der Waals surface area contributed by atoms with Crippen molar-refractivity contribution in [1.29, 1.82) is 0 Å². The average Bonchev–Trinajstić information content (AvgIpc) is 2.75. The molecule has 0 spiro atoms. The zero-order valence-corrected chi connectivity index (χ0v) is 13.0. The maximum atomic E-state index is 6.02. The first-order valence-electron chi connectivity index (χ1n) is 5.75. The van der Waals surface area contributed by atoms with Crippen LogP contribution in [0.2, 0.25) is 4.34 Å². The van der Waals surface area contributed by atoms with Crippen molar-refractivity contribution in [2.45, 2.75) is 6.54 Å². The Labute approximate surface area is 128 Å². The number of hydrogen-bond donors (Lipinski definition) is 1. The third kappa shape index (κ3) is 2.91. The lowest BCUT2D eigenvalue weighted by molar-refractivity contribution is 1.18. The maximum Gasteiger partial charge on any atom is 0.107 e. The van der Waals surface area contributed by atoms with E-state index in [0.29, 0.717) is 0 Å². The standard InChI is InChI=1S/C14H10BrClN2S/c15-12-6-11(19-14(12)16)8-17-10-5-9-3-1-2-4-13(9)18-7-10/h1-7,17H,8H2. The number of rotatable bonds is 3. The van der Waals surface area contributed by atoms with Crippen LogP contribution < -0.4 is 5.32 Å². The van der Waals surface area contributed by atoms with Gasteiger partial charge in [-0.25, -0.2) is 0 Å². The Bertz CT molecular complexity index is 707. The van der Waals surface area contributed by atoms with E-state index in [9.17, 15) is 0 Å². The van der Waals surface area contributed by atoms with Gasteiger partial charge in [0.15, 0.2) is 0 Å². The first-order chi connectivity index (χ1) is 9.22. The van der Waals surface area contributed by atoms with Gasteiger partial charge < -0.3 is 5.32 Å². The summed E-state index contributed by atoms with van der Waals surface area (Å²) >= 11 is 11.0. The summed E-state index contributed by atoms with van der Waals surface area (Å²) in [6.07, 6.45) is 1.85. The lowest BCUT2D eigenvalue weighted by atomic mass is 10.2. The summed E-state index contributed by atoms with van der Waals surface area (Å²) in [4.78, 5) is 5.61. The molecule has 0 aliphatic carbocycles. The van der Waals surface area contributed by atoms with Crippen LogP contribution in [0.25, 0.3) is 10.9 Å². The first kappa shape index (κ1) is 12.9. The van der Waals surface area contributed by atoms with Crippen LogP contribution in [0.4, 0.5) is 5.69 Å². The van der Waals surface area contributed by atoms with Crippen LogP contribution in [-0.4, -0.2) is 4.98 Å². The molecule has 2 nitrogen and oxygen atoms in total. The van der Waals surface area contributed by atoms with E-state index in [4.69, 9.17) is 11.6 Å². The van der Waals surface area contributed by atoms with E-state index in [-0.39, 0.29) is 0 Å². The van der Waals surface area contributed by atoms with Gasteiger partial charge in [-0.1, -0.05) is 29.8 Å². The number of halogens is 2. The topological polar surface area (TPSA) is 24.9 Å². The molecule has 0 unspecified atom stereocenters. The highest BCUT2D eigenvalue weighted by Gasteiger charge is 2.04. The van der Waals surface area contributed by atoms with Crippen molar-refractivity contribution in [1.82, 2.24) is 4.98 Å². The van der Waals surface area contributed by atoms with Gasteiger partial charge in [0.1, 0.15) is 4.34 Å². The van der Waals surface area contributed by atoms with Crippen molar-refractivity contribution in [3.8, 4) is 0 Å². The molecule has 0 atom stereocenters. The number of para-hydroxylation sites is 1. The highest BCUT2D eigenvalue weighted by atomic mass is 79.9. The van der Waals surface area contributed by atoms with Crippen LogP contribution in [0.15, 0.2) is 47.1 Å². The van der Waals surface area contributed by atoms with Gasteiger partial charge in [0.25, 0.3) is 0 Å². The summed E-state index contributed by atoms with van der Waals surface area (Å²) in [7, 11) is 0. The van der Waals surface area contributed by atoms with E-state index in [1.165, 1.54) is 4.88 Å². The molecule has 1 aromatic carbocycles. The van der Waals surface area contributed by atoms with Crippen molar-refractivity contribution in [3.63, 3.8) is 0 Å². The second-order valence-corrected chi connectivity index (χ2v) is 6.70. The molecule has 0 fully saturated rings. The van der Waals surface area contributed by atoms with Gasteiger partial charge in [0, 0.05) is 21.3 Å². The third-order valence-electron chi connectivity index (χ3n) is 2.75. The maximum absolute atomic E-state index is 6.02. The lowest BCUT2D eigenvalue weighted by Gasteiger charge is -2.05. The molecular weight excluding hydrogens is 344 g/mol. The zero-order chi connectivity index (χ0) is 13.2. The van der Waals surface area contributed by atoms with Crippen LogP contribution >= 0.6 is 38.9 Å². The molecule has 0 aliphatic heterocycles. The molecule has 5 heteroatoms. The summed E-state index contributed by atoms with van der Waals surface area (Å²) < 4.78 is 1.74. The van der Waals surface area contributed by atoms with Gasteiger partial charge in [0.05, 0.1) is 17.4 Å². The third-order valence-corrected chi connectivity index (χ3v) is 5.23. The number of anilines is 1. The van der Waals surface area contributed by atoms with Crippen molar-refractivity contribution < 1.29 is 0 Å². The normalized spacial score (nSPS) is 10.8. The predicted octanol–water partition coefficient (Wildman–Crippen LogP) is 5.32. The summed E-state index contributed by atoms with van der Waals surface area (Å²) in [6.45, 7) is 0.746. The van der Waals surface area contributed by atoms with E-state index in [2.05, 4.69) is 38.4 Å². The summed E-state index contributed by atoms with van der Waals surface area (Å²) in [5, 5.41) is 4.50. The van der Waals surface area contributed by atoms with Gasteiger partial charge in [-0.3, -0.25) is 4.98 Å². The van der Waals surface area contributed by atoms with E-state index >= 15 is 0 Å². The number of benzene rings is 1. The molecule has 3 aromatic rings. The van der Waals surface area contributed by atoms with Gasteiger partial charge in [-0.05, 0) is 34.1 Å². The van der Waals surface area contributed by atoms with E-state index in [0.717, 1.165) is 31.9 Å². The molecular formula is C14H10BrClN2S. The van der Waals surface area contributed by atoms with E-state index < -0.39 is 0 Å². The molecule has 0 amide bonds. The molecule has 96 valence electrons. The SMILES string of the molecule is Clc1sc(CNc2cnc3ccccc3c2)cc1Br. The highest BCUT2D eigenvalue weighted by molar-refractivity contribution is 9.10. The fraction of sp³-hybridized carbons (Fsp3) is 0.0714. The molecule has 19 heavy (non-hydrogen) atoms. The first-order valence-corrected chi connectivity index (χ1v) is 7.73. The Morgan fingerprint density at radius 1 is 1.26 bits per heavy atom. The van der Waals surface area contributed by atoms with Crippen molar-refractivity contribution >= 4 is 55.5 Å². The molecule has 1 N–H and O–H groups in total. The number of thiophene rings is 1. The number of aromatic nitrogens is 1. The Balaban J connectivity index is 1.78. The summed E-state index contributed by atoms with van der Waals surface area (Å²) in [5.74, 6) is 0. The molecule has 0 saturated carbocycles. The van der Waals surface area contributed by atoms with E-state index in [1.54, 1.807) is 11.3 Å². The van der Waals surface area contributed by atoms with Gasteiger partial charge >= 0.3 is 0 Å². The number of nitrogens with one attached hydrogen (secondary N) is 1. The van der Waals surface area contributed by atoms with Crippen LogP contribution in [0.5, 0.6) is 0 Å². The van der Waals surface area contributed by atoms with Crippen LogP contribution in [0.3, 0.4) is 0 Å². The molecule has 0 aliphatic rings. The molecule has 0 radical (unpaired) electrons. The minimum Gasteiger partial charge on any atom is -0.379 e. The Kier molecular flexibility index (Phi) is 3.73. The Hall–Kier alpha value is -1.10. The van der Waals surface area contributed by atoms with Crippen molar-refractivity contribution in [2.24, 2.45) is 0 Å². The Morgan fingerprint density at radius 2 is 2.11 bits per heavy atom. The summed E-state index contributed by atoms with van der Waals surface area (Å²) in [6, 6.07) is 12.2. The zero-order valence-electron chi connectivity index (χ0n) is 9.86. The van der Waals surface area contributed by atoms with Crippen LogP contribution in [0.1, 0.15) is 4.88 Å². The highest BCUT2D eigenvalue weighted by Crippen LogP contribution is 2.32. The largest absolute Gasteiger partial charge is 0.379 e. The fourth-order valence-corrected chi connectivity index (χ4v) is 3.57. The van der Waals surface area contributed by atoms with Gasteiger partial charge in [-0.15, -0.1) is 11.3 Å². The smallest absolute Gasteiger partial charge is 0.107 e. The molecule has 3 rings (SSSR count). The summed E-state index contributed by atoms with van der Waals surface area (Å²) in [5.41, 5.74) is 2.02. The fourth-order valence-electron chi connectivity index (χ4n) is 1.84. The molecule has 2 heterocycles. The second-order valence-electron chi connectivity index (χ2n) is 4.10. The van der Waals surface area contributed by atoms with Crippen LogP contribution in [-0.2, 0) is 6.54 Å². The minimum absolute atomic E-state index is 0.746. The van der Waals surface area contributed by atoms with Gasteiger partial charge in [0.2, 0.25) is 0 Å². The molecule has 0 bridgehead atoms. The lowest BCUT2D eigenvalue weighted by Crippen LogP contribution is -1.97.